The summed E-state index contributed by atoms with van der Waals surface area (Å²) in [6.07, 6.45) is -0.620. The van der Waals surface area contributed by atoms with Crippen LogP contribution in [-0.4, -0.2) is 35.4 Å². The lowest BCUT2D eigenvalue weighted by molar-refractivity contribution is -0.140. The lowest BCUT2D eigenvalue weighted by Gasteiger charge is -2.22. The number of aliphatic carboxylic acids is 1. The van der Waals surface area contributed by atoms with Gasteiger partial charge in [0.2, 0.25) is 0 Å². The summed E-state index contributed by atoms with van der Waals surface area (Å²) in [5.41, 5.74) is 0.250. The van der Waals surface area contributed by atoms with Crippen LogP contribution < -0.4 is 5.32 Å². The van der Waals surface area contributed by atoms with Crippen molar-refractivity contribution in [2.45, 2.75) is 45.4 Å². The smallest absolute Gasteiger partial charge is 0.408 e. The van der Waals surface area contributed by atoms with Gasteiger partial charge in [-0.15, -0.1) is 0 Å². The minimum absolute atomic E-state index is 0.141. The minimum atomic E-state index is -1.13. The van der Waals surface area contributed by atoms with Crippen molar-refractivity contribution < 1.29 is 24.2 Å². The number of hydrogen-bond acceptors (Lipinski definition) is 4. The Morgan fingerprint density at radius 2 is 1.87 bits per heavy atom. The number of carbonyl (C=O) groups is 2. The van der Waals surface area contributed by atoms with Crippen LogP contribution >= 0.6 is 11.6 Å². The maximum Gasteiger partial charge on any atom is 0.408 e. The molecule has 0 saturated heterocycles. The van der Waals surface area contributed by atoms with Crippen LogP contribution in [0.5, 0.6) is 0 Å². The van der Waals surface area contributed by atoms with Crippen molar-refractivity contribution >= 4 is 23.7 Å². The fourth-order valence-corrected chi connectivity index (χ4v) is 1.81. The van der Waals surface area contributed by atoms with Crippen molar-refractivity contribution in [1.29, 1.82) is 0 Å². The van der Waals surface area contributed by atoms with E-state index in [2.05, 4.69) is 5.32 Å². The number of ether oxygens (including phenoxy) is 2. The third-order valence-electron chi connectivity index (χ3n) is 2.72. The molecule has 0 aliphatic carbocycles. The van der Waals surface area contributed by atoms with E-state index >= 15 is 0 Å². The van der Waals surface area contributed by atoms with Crippen LogP contribution in [0, 0.1) is 0 Å². The normalized spacial score (nSPS) is 12.5. The fourth-order valence-electron chi connectivity index (χ4n) is 1.68. The average Bonchev–Trinajstić information content (AvgIpc) is 2.42. The topological polar surface area (TPSA) is 84.9 Å². The van der Waals surface area contributed by atoms with Gasteiger partial charge in [0.25, 0.3) is 0 Å². The first kappa shape index (κ1) is 19.3. The van der Waals surface area contributed by atoms with Crippen molar-refractivity contribution in [3.63, 3.8) is 0 Å². The Labute approximate surface area is 140 Å². The first-order valence-electron chi connectivity index (χ1n) is 7.22. The zero-order valence-electron chi connectivity index (χ0n) is 13.5. The van der Waals surface area contributed by atoms with Crippen molar-refractivity contribution in [3.05, 3.63) is 34.9 Å². The summed E-state index contributed by atoms with van der Waals surface area (Å²) < 4.78 is 10.5. The Hall–Kier alpha value is -1.79. The zero-order chi connectivity index (χ0) is 17.5. The van der Waals surface area contributed by atoms with Crippen molar-refractivity contribution in [3.8, 4) is 0 Å². The molecule has 1 aromatic carbocycles. The van der Waals surface area contributed by atoms with Gasteiger partial charge >= 0.3 is 12.1 Å². The summed E-state index contributed by atoms with van der Waals surface area (Å²) in [7, 11) is 0. The molecular weight excluding hydrogens is 322 g/mol. The van der Waals surface area contributed by atoms with Gasteiger partial charge in [0.15, 0.2) is 0 Å². The highest BCUT2D eigenvalue weighted by molar-refractivity contribution is 6.30. The zero-order valence-corrected chi connectivity index (χ0v) is 14.2. The van der Waals surface area contributed by atoms with Gasteiger partial charge in [-0.3, -0.25) is 0 Å². The Morgan fingerprint density at radius 1 is 1.26 bits per heavy atom. The Balaban J connectivity index is 2.37. The van der Waals surface area contributed by atoms with E-state index < -0.39 is 23.7 Å². The maximum absolute atomic E-state index is 11.6. The quantitative estimate of drug-likeness (QED) is 0.742. The molecule has 6 nitrogen and oxygen atoms in total. The van der Waals surface area contributed by atoms with Gasteiger partial charge in [-0.25, -0.2) is 9.59 Å². The van der Waals surface area contributed by atoms with Gasteiger partial charge in [0.1, 0.15) is 11.6 Å². The van der Waals surface area contributed by atoms with E-state index in [-0.39, 0.29) is 13.0 Å². The van der Waals surface area contributed by atoms with E-state index in [0.717, 1.165) is 5.56 Å². The van der Waals surface area contributed by atoms with Gasteiger partial charge in [-0.05, 0) is 38.5 Å². The molecule has 1 atom stereocenters. The summed E-state index contributed by atoms with van der Waals surface area (Å²) in [6.45, 7) is 5.65. The number of alkyl carbamates (subject to hydrolysis) is 1. The first-order chi connectivity index (χ1) is 10.7. The summed E-state index contributed by atoms with van der Waals surface area (Å²) in [5.74, 6) is -1.13. The number of rotatable bonds is 7. The molecule has 0 aliphatic rings. The van der Waals surface area contributed by atoms with Crippen LogP contribution in [0.15, 0.2) is 24.3 Å². The van der Waals surface area contributed by atoms with Crippen LogP contribution in [-0.2, 0) is 20.9 Å². The predicted molar refractivity (Wildman–Crippen MR) is 86.5 cm³/mol. The Morgan fingerprint density at radius 3 is 2.39 bits per heavy atom. The van der Waals surface area contributed by atoms with Crippen molar-refractivity contribution in [1.82, 2.24) is 5.32 Å². The molecule has 0 aliphatic heterocycles. The monoisotopic (exact) mass is 343 g/mol. The van der Waals surface area contributed by atoms with Crippen LogP contribution in [0.1, 0.15) is 32.8 Å². The lowest BCUT2D eigenvalue weighted by atomic mass is 10.2. The number of benzene rings is 1. The minimum Gasteiger partial charge on any atom is -0.480 e. The molecule has 0 aromatic heterocycles. The van der Waals surface area contributed by atoms with Gasteiger partial charge in [0, 0.05) is 18.1 Å². The van der Waals surface area contributed by atoms with E-state index in [1.807, 2.05) is 12.1 Å². The largest absolute Gasteiger partial charge is 0.480 e. The van der Waals surface area contributed by atoms with E-state index in [1.165, 1.54) is 0 Å². The highest BCUT2D eigenvalue weighted by Crippen LogP contribution is 2.11. The van der Waals surface area contributed by atoms with Crippen molar-refractivity contribution in [2.24, 2.45) is 0 Å². The Bertz CT molecular complexity index is 524. The molecule has 128 valence electrons. The van der Waals surface area contributed by atoms with E-state index in [9.17, 15) is 9.59 Å². The molecule has 7 heteroatoms. The molecule has 0 heterocycles. The number of hydrogen-bond donors (Lipinski definition) is 2. The van der Waals surface area contributed by atoms with Gasteiger partial charge < -0.3 is 19.9 Å². The summed E-state index contributed by atoms with van der Waals surface area (Å²) in [5, 5.41) is 12.1. The molecule has 2 N–H and O–H groups in total. The summed E-state index contributed by atoms with van der Waals surface area (Å²) in [6, 6.07) is 6.11. The molecule has 0 saturated carbocycles. The SMILES string of the molecule is CC(C)(C)OC(=O)N[C@@H](CCOCc1ccc(Cl)cc1)C(=O)O. The summed E-state index contributed by atoms with van der Waals surface area (Å²) in [4.78, 5) is 22.8. The maximum atomic E-state index is 11.6. The van der Waals surface area contributed by atoms with Gasteiger partial charge in [-0.1, -0.05) is 23.7 Å². The number of carboxylic acids is 1. The second kappa shape index (κ2) is 8.74. The number of amides is 1. The molecule has 1 rings (SSSR count). The number of halogens is 1. The second-order valence-electron chi connectivity index (χ2n) is 6.00. The van der Waals surface area contributed by atoms with Crippen molar-refractivity contribution in [2.75, 3.05) is 6.61 Å². The molecule has 0 spiro atoms. The number of nitrogens with one attached hydrogen (secondary N) is 1. The third-order valence-corrected chi connectivity index (χ3v) is 2.97. The van der Waals surface area contributed by atoms with Crippen LogP contribution in [0.25, 0.3) is 0 Å². The molecular formula is C16H22ClNO5. The number of carbonyl (C=O) groups excluding carboxylic acids is 1. The van der Waals surface area contributed by atoms with E-state index in [0.29, 0.717) is 11.6 Å². The fraction of sp³-hybridized carbons (Fsp3) is 0.500. The van der Waals surface area contributed by atoms with Gasteiger partial charge in [-0.2, -0.15) is 0 Å². The third kappa shape index (κ3) is 8.42. The lowest BCUT2D eigenvalue weighted by Crippen LogP contribution is -2.44. The molecule has 0 radical (unpaired) electrons. The Kier molecular flexibility index (Phi) is 7.32. The molecule has 0 fully saturated rings. The molecule has 23 heavy (non-hydrogen) atoms. The number of carboxylic acid groups (broad SMARTS) is 1. The standard InChI is InChI=1S/C16H22ClNO5/c1-16(2,3)23-15(21)18-13(14(19)20)8-9-22-10-11-4-6-12(17)7-5-11/h4-7,13H,8-10H2,1-3H3,(H,18,21)(H,19,20)/t13-/m0/s1. The van der Waals surface area contributed by atoms with Gasteiger partial charge in [0.05, 0.1) is 6.61 Å². The van der Waals surface area contributed by atoms with Crippen LogP contribution in [0.3, 0.4) is 0 Å². The average molecular weight is 344 g/mol. The highest BCUT2D eigenvalue weighted by Gasteiger charge is 2.23. The van der Waals surface area contributed by atoms with Crippen LogP contribution in [0.4, 0.5) is 4.79 Å². The molecule has 1 amide bonds. The van der Waals surface area contributed by atoms with Crippen LogP contribution in [0.2, 0.25) is 5.02 Å². The first-order valence-corrected chi connectivity index (χ1v) is 7.59. The van der Waals surface area contributed by atoms with E-state index in [4.69, 9.17) is 26.2 Å². The highest BCUT2D eigenvalue weighted by atomic mass is 35.5. The molecule has 0 unspecified atom stereocenters. The second-order valence-corrected chi connectivity index (χ2v) is 6.44. The summed E-state index contributed by atoms with van der Waals surface area (Å²) >= 11 is 5.79. The van der Waals surface area contributed by atoms with E-state index in [1.54, 1.807) is 32.9 Å². The molecule has 0 bridgehead atoms. The predicted octanol–water partition coefficient (Wildman–Crippen LogP) is 3.22. The molecule has 1 aromatic rings.